The third kappa shape index (κ3) is 4.36. The molecule has 3 aromatic rings. The molecule has 0 saturated heterocycles. The fourth-order valence-electron chi connectivity index (χ4n) is 2.65. The van der Waals surface area contributed by atoms with Crippen LogP contribution in [0.1, 0.15) is 35.7 Å². The molecule has 4 rings (SSSR count). The van der Waals surface area contributed by atoms with Crippen molar-refractivity contribution in [1.82, 2.24) is 15.1 Å². The zero-order chi connectivity index (χ0) is 18.8. The molecule has 0 radical (unpaired) electrons. The molecule has 1 saturated carbocycles. The average Bonchev–Trinajstić information content (AvgIpc) is 3.40. The maximum atomic E-state index is 12.2. The first-order chi connectivity index (χ1) is 13.1. The van der Waals surface area contributed by atoms with Crippen LogP contribution >= 0.6 is 11.8 Å². The molecule has 0 bridgehead atoms. The topological polar surface area (TPSA) is 80.9 Å². The minimum atomic E-state index is -0.0504. The van der Waals surface area contributed by atoms with Crippen molar-refractivity contribution in [3.8, 4) is 11.5 Å². The van der Waals surface area contributed by atoms with Crippen molar-refractivity contribution in [1.29, 1.82) is 0 Å². The standard InChI is InChI=1S/C20H20N4O2S/c1-12-3-4-13(2)16(9-12)22-17(25)11-27-18-8-7-15(10-21-18)20-23-19(24-26-20)14-5-6-14/h3-4,7-10,14H,5-6,11H2,1-2H3,(H,22,25). The van der Waals surface area contributed by atoms with Gasteiger partial charge in [0.2, 0.25) is 5.91 Å². The summed E-state index contributed by atoms with van der Waals surface area (Å²) in [6, 6.07) is 9.77. The molecule has 1 N–H and O–H groups in total. The number of thioether (sulfide) groups is 1. The van der Waals surface area contributed by atoms with Crippen LogP contribution in [0.3, 0.4) is 0 Å². The second-order valence-electron chi connectivity index (χ2n) is 6.77. The van der Waals surface area contributed by atoms with Crippen molar-refractivity contribution in [2.24, 2.45) is 0 Å². The number of aromatic nitrogens is 3. The largest absolute Gasteiger partial charge is 0.334 e. The van der Waals surface area contributed by atoms with Crippen LogP contribution in [0.4, 0.5) is 5.69 Å². The number of nitrogens with one attached hydrogen (secondary N) is 1. The number of benzene rings is 1. The molecule has 27 heavy (non-hydrogen) atoms. The van der Waals surface area contributed by atoms with Gasteiger partial charge in [-0.3, -0.25) is 4.79 Å². The van der Waals surface area contributed by atoms with Crippen LogP contribution < -0.4 is 5.32 Å². The lowest BCUT2D eigenvalue weighted by Crippen LogP contribution is -2.15. The molecule has 1 aliphatic rings. The van der Waals surface area contributed by atoms with E-state index in [1.165, 1.54) is 11.8 Å². The summed E-state index contributed by atoms with van der Waals surface area (Å²) in [5.41, 5.74) is 3.81. The number of nitrogens with zero attached hydrogens (tertiary/aromatic N) is 3. The molecule has 0 unspecified atom stereocenters. The van der Waals surface area contributed by atoms with Gasteiger partial charge in [-0.05, 0) is 56.0 Å². The van der Waals surface area contributed by atoms with E-state index in [1.807, 2.05) is 44.2 Å². The van der Waals surface area contributed by atoms with Crippen LogP contribution in [0.5, 0.6) is 0 Å². The highest BCUT2D eigenvalue weighted by molar-refractivity contribution is 7.99. The summed E-state index contributed by atoms with van der Waals surface area (Å²) in [6.07, 6.45) is 3.98. The molecule has 138 valence electrons. The van der Waals surface area contributed by atoms with Crippen LogP contribution in [0, 0.1) is 13.8 Å². The van der Waals surface area contributed by atoms with E-state index < -0.39 is 0 Å². The van der Waals surface area contributed by atoms with Crippen LogP contribution in [0.2, 0.25) is 0 Å². The molecule has 1 aliphatic carbocycles. The number of carbonyl (C=O) groups excluding carboxylic acids is 1. The van der Waals surface area contributed by atoms with Crippen LogP contribution in [0.15, 0.2) is 46.1 Å². The number of carbonyl (C=O) groups is 1. The summed E-state index contributed by atoms with van der Waals surface area (Å²) >= 11 is 1.39. The Hall–Kier alpha value is -2.67. The van der Waals surface area contributed by atoms with Crippen molar-refractivity contribution in [2.75, 3.05) is 11.1 Å². The highest BCUT2D eigenvalue weighted by Crippen LogP contribution is 2.38. The van der Waals surface area contributed by atoms with E-state index in [4.69, 9.17) is 4.52 Å². The molecule has 2 heterocycles. The van der Waals surface area contributed by atoms with Crippen molar-refractivity contribution < 1.29 is 9.32 Å². The first-order valence-corrected chi connectivity index (χ1v) is 9.87. The third-order valence-corrected chi connectivity index (χ3v) is 5.33. The molecule has 0 spiro atoms. The number of aryl methyl sites for hydroxylation is 2. The van der Waals surface area contributed by atoms with Gasteiger partial charge in [0, 0.05) is 17.8 Å². The van der Waals surface area contributed by atoms with E-state index in [0.717, 1.165) is 46.1 Å². The summed E-state index contributed by atoms with van der Waals surface area (Å²) in [6.45, 7) is 3.99. The quantitative estimate of drug-likeness (QED) is 0.640. The Balaban J connectivity index is 1.34. The van der Waals surface area contributed by atoms with Crippen molar-refractivity contribution in [2.45, 2.75) is 37.6 Å². The Morgan fingerprint density at radius 3 is 2.85 bits per heavy atom. The lowest BCUT2D eigenvalue weighted by atomic mass is 10.1. The van der Waals surface area contributed by atoms with Gasteiger partial charge >= 0.3 is 0 Å². The summed E-state index contributed by atoms with van der Waals surface area (Å²) in [5.74, 6) is 1.98. The van der Waals surface area contributed by atoms with Gasteiger partial charge in [-0.25, -0.2) is 4.98 Å². The SMILES string of the molecule is Cc1ccc(C)c(NC(=O)CSc2ccc(-c3nc(C4CC4)no3)cn2)c1. The molecule has 2 aromatic heterocycles. The smallest absolute Gasteiger partial charge is 0.259 e. The van der Waals surface area contributed by atoms with E-state index in [1.54, 1.807) is 6.20 Å². The van der Waals surface area contributed by atoms with E-state index in [2.05, 4.69) is 20.4 Å². The van der Waals surface area contributed by atoms with E-state index >= 15 is 0 Å². The average molecular weight is 380 g/mol. The summed E-state index contributed by atoms with van der Waals surface area (Å²) in [7, 11) is 0. The summed E-state index contributed by atoms with van der Waals surface area (Å²) < 4.78 is 5.31. The van der Waals surface area contributed by atoms with Gasteiger partial charge in [-0.1, -0.05) is 29.1 Å². The Bertz CT molecular complexity index is 964. The van der Waals surface area contributed by atoms with Crippen LogP contribution in [-0.4, -0.2) is 26.8 Å². The Morgan fingerprint density at radius 1 is 1.26 bits per heavy atom. The fourth-order valence-corrected chi connectivity index (χ4v) is 3.29. The third-order valence-electron chi connectivity index (χ3n) is 4.39. The number of hydrogen-bond acceptors (Lipinski definition) is 6. The van der Waals surface area contributed by atoms with Gasteiger partial charge in [0.25, 0.3) is 5.89 Å². The number of pyridine rings is 1. The molecule has 1 aromatic carbocycles. The predicted octanol–water partition coefficient (Wildman–Crippen LogP) is 4.36. The number of rotatable bonds is 6. The summed E-state index contributed by atoms with van der Waals surface area (Å²) in [4.78, 5) is 21.0. The molecular weight excluding hydrogens is 360 g/mol. The van der Waals surface area contributed by atoms with Gasteiger partial charge < -0.3 is 9.84 Å². The molecule has 1 amide bonds. The van der Waals surface area contributed by atoms with E-state index in [0.29, 0.717) is 17.6 Å². The fraction of sp³-hybridized carbons (Fsp3) is 0.300. The highest BCUT2D eigenvalue weighted by atomic mass is 32.2. The lowest BCUT2D eigenvalue weighted by Gasteiger charge is -2.09. The Kier molecular flexibility index (Phi) is 4.94. The molecule has 6 nitrogen and oxygen atoms in total. The lowest BCUT2D eigenvalue weighted by molar-refractivity contribution is -0.113. The van der Waals surface area contributed by atoms with Crippen molar-refractivity contribution in [3.05, 3.63) is 53.5 Å². The molecule has 0 atom stereocenters. The van der Waals surface area contributed by atoms with Crippen molar-refractivity contribution >= 4 is 23.4 Å². The monoisotopic (exact) mass is 380 g/mol. The Labute approximate surface area is 161 Å². The maximum Gasteiger partial charge on any atom is 0.259 e. The Morgan fingerprint density at radius 2 is 2.11 bits per heavy atom. The summed E-state index contributed by atoms with van der Waals surface area (Å²) in [5, 5.41) is 7.75. The van der Waals surface area contributed by atoms with E-state index in [9.17, 15) is 4.79 Å². The van der Waals surface area contributed by atoms with Gasteiger partial charge in [-0.15, -0.1) is 0 Å². The van der Waals surface area contributed by atoms with Gasteiger partial charge in [0.1, 0.15) is 0 Å². The zero-order valence-corrected chi connectivity index (χ0v) is 16.0. The van der Waals surface area contributed by atoms with Gasteiger partial charge in [0.05, 0.1) is 16.3 Å². The molecule has 7 heteroatoms. The van der Waals surface area contributed by atoms with Gasteiger partial charge in [-0.2, -0.15) is 4.98 Å². The van der Waals surface area contributed by atoms with Crippen LogP contribution in [0.25, 0.3) is 11.5 Å². The minimum Gasteiger partial charge on any atom is -0.334 e. The molecule has 0 aliphatic heterocycles. The molecule has 1 fully saturated rings. The van der Waals surface area contributed by atoms with E-state index in [-0.39, 0.29) is 5.91 Å². The first-order valence-electron chi connectivity index (χ1n) is 8.88. The number of amides is 1. The zero-order valence-electron chi connectivity index (χ0n) is 15.2. The minimum absolute atomic E-state index is 0.0504. The number of hydrogen-bond donors (Lipinski definition) is 1. The molecular formula is C20H20N4O2S. The van der Waals surface area contributed by atoms with Gasteiger partial charge in [0.15, 0.2) is 5.82 Å². The maximum absolute atomic E-state index is 12.2. The predicted molar refractivity (Wildman–Crippen MR) is 105 cm³/mol. The van der Waals surface area contributed by atoms with Crippen LogP contribution in [-0.2, 0) is 4.79 Å². The second-order valence-corrected chi connectivity index (χ2v) is 7.77. The van der Waals surface area contributed by atoms with Crippen molar-refractivity contribution in [3.63, 3.8) is 0 Å². The highest BCUT2D eigenvalue weighted by Gasteiger charge is 2.29. The number of anilines is 1. The first kappa shape index (κ1) is 17.7. The normalized spacial score (nSPS) is 13.6. The second kappa shape index (κ2) is 7.52.